The first-order chi connectivity index (χ1) is 10.2. The molecule has 4 atom stereocenters. The quantitative estimate of drug-likeness (QED) is 0.796. The van der Waals surface area contributed by atoms with Gasteiger partial charge in [-0.05, 0) is 25.0 Å². The lowest BCUT2D eigenvalue weighted by atomic mass is 9.92. The first-order valence-electron chi connectivity index (χ1n) is 7.18. The minimum absolute atomic E-state index is 0.0736. The van der Waals surface area contributed by atoms with Gasteiger partial charge < -0.3 is 14.2 Å². The highest BCUT2D eigenvalue weighted by Crippen LogP contribution is 2.38. The Morgan fingerprint density at radius 1 is 1.19 bits per heavy atom. The van der Waals surface area contributed by atoms with Gasteiger partial charge in [0.2, 0.25) is 0 Å². The summed E-state index contributed by atoms with van der Waals surface area (Å²) in [6.07, 6.45) is 1.65. The number of rotatable bonds is 3. The Balaban J connectivity index is 1.76. The number of carbonyl (C=O) groups excluding carboxylic acids is 2. The van der Waals surface area contributed by atoms with E-state index in [1.54, 1.807) is 24.3 Å². The van der Waals surface area contributed by atoms with Crippen molar-refractivity contribution in [3.8, 4) is 0 Å². The van der Waals surface area contributed by atoms with Gasteiger partial charge in [-0.25, -0.2) is 4.79 Å². The summed E-state index contributed by atoms with van der Waals surface area (Å²) >= 11 is 0. The minimum atomic E-state index is -0.526. The normalized spacial score (nSPS) is 30.7. The van der Waals surface area contributed by atoms with Crippen LogP contribution in [0.5, 0.6) is 0 Å². The van der Waals surface area contributed by atoms with E-state index in [0.29, 0.717) is 12.0 Å². The van der Waals surface area contributed by atoms with Crippen molar-refractivity contribution in [3.63, 3.8) is 0 Å². The van der Waals surface area contributed by atoms with Crippen molar-refractivity contribution in [2.24, 2.45) is 5.92 Å². The molecule has 2 heterocycles. The number of hydrogen-bond acceptors (Lipinski definition) is 5. The SMILES string of the molecule is COC(=O)[C@H]1[C@H](OC(=O)c2ccccc2)C[C@@H]2CC[C@H]1O2. The van der Waals surface area contributed by atoms with Crippen molar-refractivity contribution in [1.82, 2.24) is 0 Å². The molecule has 2 aliphatic rings. The van der Waals surface area contributed by atoms with Gasteiger partial charge in [0, 0.05) is 6.42 Å². The Morgan fingerprint density at radius 3 is 2.67 bits per heavy atom. The minimum Gasteiger partial charge on any atom is -0.469 e. The third kappa shape index (κ3) is 2.78. The summed E-state index contributed by atoms with van der Waals surface area (Å²) < 4.78 is 16.2. The molecule has 0 radical (unpaired) electrons. The Kier molecular flexibility index (Phi) is 3.92. The standard InChI is InChI=1S/C16H18O5/c1-19-16(18)14-12-8-7-11(20-12)9-13(14)21-15(17)10-5-3-2-4-6-10/h2-6,11-14H,7-9H2,1H3/t11-,12+,13+,14+/m0/s1. The zero-order valence-corrected chi connectivity index (χ0v) is 11.9. The molecule has 0 aromatic heterocycles. The van der Waals surface area contributed by atoms with Gasteiger partial charge in [0.05, 0.1) is 24.9 Å². The van der Waals surface area contributed by atoms with E-state index < -0.39 is 18.0 Å². The van der Waals surface area contributed by atoms with E-state index in [9.17, 15) is 9.59 Å². The van der Waals surface area contributed by atoms with Crippen molar-refractivity contribution in [2.45, 2.75) is 37.6 Å². The zero-order chi connectivity index (χ0) is 14.8. The molecule has 2 fully saturated rings. The first kappa shape index (κ1) is 14.1. The van der Waals surface area contributed by atoms with Gasteiger partial charge in [0.15, 0.2) is 0 Å². The van der Waals surface area contributed by atoms with Crippen molar-refractivity contribution >= 4 is 11.9 Å². The fraction of sp³-hybridized carbons (Fsp3) is 0.500. The van der Waals surface area contributed by atoms with Gasteiger partial charge in [-0.15, -0.1) is 0 Å². The topological polar surface area (TPSA) is 61.8 Å². The fourth-order valence-electron chi connectivity index (χ4n) is 3.16. The maximum atomic E-state index is 12.2. The number of esters is 2. The van der Waals surface area contributed by atoms with Crippen LogP contribution in [0, 0.1) is 5.92 Å². The lowest BCUT2D eigenvalue weighted by Gasteiger charge is -2.34. The molecule has 0 amide bonds. The number of ether oxygens (including phenoxy) is 3. The van der Waals surface area contributed by atoms with Gasteiger partial charge in [-0.2, -0.15) is 0 Å². The number of hydrogen-bond donors (Lipinski definition) is 0. The molecule has 21 heavy (non-hydrogen) atoms. The Hall–Kier alpha value is -1.88. The molecule has 1 aromatic rings. The number of carbonyl (C=O) groups is 2. The van der Waals surface area contributed by atoms with Crippen LogP contribution in [0.25, 0.3) is 0 Å². The number of fused-ring (bicyclic) bond motifs is 2. The highest BCUT2D eigenvalue weighted by Gasteiger charge is 2.49. The van der Waals surface area contributed by atoms with Gasteiger partial charge >= 0.3 is 11.9 Å². The summed E-state index contributed by atoms with van der Waals surface area (Å²) in [5.41, 5.74) is 0.486. The Morgan fingerprint density at radius 2 is 1.95 bits per heavy atom. The van der Waals surface area contributed by atoms with Crippen LogP contribution in [0.3, 0.4) is 0 Å². The van der Waals surface area contributed by atoms with Crippen molar-refractivity contribution in [2.75, 3.05) is 7.11 Å². The van der Waals surface area contributed by atoms with Crippen LogP contribution in [-0.2, 0) is 19.0 Å². The predicted octanol–water partition coefficient (Wildman–Crippen LogP) is 1.95. The Bertz CT molecular complexity index is 527. The Labute approximate surface area is 123 Å². The van der Waals surface area contributed by atoms with Gasteiger partial charge in [0.1, 0.15) is 12.0 Å². The highest BCUT2D eigenvalue weighted by atomic mass is 16.6. The van der Waals surface area contributed by atoms with Crippen molar-refractivity contribution < 1.29 is 23.8 Å². The molecule has 0 N–H and O–H groups in total. The molecule has 0 unspecified atom stereocenters. The molecule has 5 heteroatoms. The maximum absolute atomic E-state index is 12.2. The fourth-order valence-corrected chi connectivity index (χ4v) is 3.16. The van der Waals surface area contributed by atoms with Crippen LogP contribution in [0.15, 0.2) is 30.3 Å². The third-order valence-corrected chi connectivity index (χ3v) is 4.18. The van der Waals surface area contributed by atoms with Crippen molar-refractivity contribution in [1.29, 1.82) is 0 Å². The average Bonchev–Trinajstić information content (AvgIpc) is 2.89. The predicted molar refractivity (Wildman–Crippen MR) is 73.7 cm³/mol. The highest BCUT2D eigenvalue weighted by molar-refractivity contribution is 5.89. The summed E-state index contributed by atoms with van der Waals surface area (Å²) in [6.45, 7) is 0. The number of methoxy groups -OCH3 is 1. The summed E-state index contributed by atoms with van der Waals surface area (Å²) in [4.78, 5) is 24.2. The van der Waals surface area contributed by atoms with Crippen LogP contribution >= 0.6 is 0 Å². The summed E-state index contributed by atoms with van der Waals surface area (Å²) in [5, 5.41) is 0. The van der Waals surface area contributed by atoms with E-state index in [4.69, 9.17) is 14.2 Å². The van der Waals surface area contributed by atoms with E-state index in [2.05, 4.69) is 0 Å². The molecule has 1 aromatic carbocycles. The molecule has 5 nitrogen and oxygen atoms in total. The molecular formula is C16H18O5. The van der Waals surface area contributed by atoms with Crippen LogP contribution in [0.4, 0.5) is 0 Å². The van der Waals surface area contributed by atoms with Crippen LogP contribution in [0.2, 0.25) is 0 Å². The summed E-state index contributed by atoms with van der Waals surface area (Å²) in [6, 6.07) is 8.79. The summed E-state index contributed by atoms with van der Waals surface area (Å²) in [7, 11) is 1.35. The second-order valence-electron chi connectivity index (χ2n) is 5.47. The lowest BCUT2D eigenvalue weighted by Crippen LogP contribution is -2.46. The maximum Gasteiger partial charge on any atom is 0.338 e. The largest absolute Gasteiger partial charge is 0.469 e. The summed E-state index contributed by atoms with van der Waals surface area (Å²) in [5.74, 6) is -1.30. The van der Waals surface area contributed by atoms with E-state index in [1.807, 2.05) is 6.07 Å². The number of benzene rings is 1. The van der Waals surface area contributed by atoms with Gasteiger partial charge in [0.25, 0.3) is 0 Å². The second kappa shape index (κ2) is 5.85. The molecule has 0 saturated carbocycles. The molecule has 2 saturated heterocycles. The lowest BCUT2D eigenvalue weighted by molar-refractivity contribution is -0.166. The van der Waals surface area contributed by atoms with E-state index >= 15 is 0 Å². The molecular weight excluding hydrogens is 272 g/mol. The molecule has 2 bridgehead atoms. The van der Waals surface area contributed by atoms with Crippen LogP contribution < -0.4 is 0 Å². The van der Waals surface area contributed by atoms with Gasteiger partial charge in [-0.1, -0.05) is 18.2 Å². The molecule has 2 aliphatic heterocycles. The molecule has 0 aliphatic carbocycles. The van der Waals surface area contributed by atoms with E-state index in [1.165, 1.54) is 7.11 Å². The van der Waals surface area contributed by atoms with E-state index in [0.717, 1.165) is 12.8 Å². The first-order valence-corrected chi connectivity index (χ1v) is 7.18. The smallest absolute Gasteiger partial charge is 0.338 e. The molecule has 0 spiro atoms. The van der Waals surface area contributed by atoms with Crippen LogP contribution in [-0.4, -0.2) is 37.4 Å². The van der Waals surface area contributed by atoms with Gasteiger partial charge in [-0.3, -0.25) is 4.79 Å². The zero-order valence-electron chi connectivity index (χ0n) is 11.9. The molecule has 112 valence electrons. The van der Waals surface area contributed by atoms with Crippen LogP contribution in [0.1, 0.15) is 29.6 Å². The second-order valence-corrected chi connectivity index (χ2v) is 5.47. The monoisotopic (exact) mass is 290 g/mol. The van der Waals surface area contributed by atoms with Crippen molar-refractivity contribution in [3.05, 3.63) is 35.9 Å². The average molecular weight is 290 g/mol. The molecule has 3 rings (SSSR count). The van der Waals surface area contributed by atoms with E-state index in [-0.39, 0.29) is 18.2 Å². The third-order valence-electron chi connectivity index (χ3n) is 4.18.